The van der Waals surface area contributed by atoms with Crippen LogP contribution in [-0.2, 0) is 19.9 Å². The van der Waals surface area contributed by atoms with Crippen LogP contribution in [0.15, 0.2) is 23.1 Å². The Balaban J connectivity index is 2.45. The fraction of sp³-hybridized carbons (Fsp3) is 0.294. The zero-order valence-electron chi connectivity index (χ0n) is 14.7. The minimum absolute atomic E-state index is 0.0409. The number of benzene rings is 1. The number of nitrogen functional groups attached to an aromatic ring is 1. The van der Waals surface area contributed by atoms with E-state index in [2.05, 4.69) is 4.98 Å². The molecule has 0 bridgehead atoms. The van der Waals surface area contributed by atoms with Crippen LogP contribution in [0.25, 0.3) is 11.1 Å². The summed E-state index contributed by atoms with van der Waals surface area (Å²) in [4.78, 5) is 3.98. The number of fused-ring (bicyclic) bond motifs is 1. The molecule has 0 fully saturated rings. The van der Waals surface area contributed by atoms with Crippen molar-refractivity contribution in [3.8, 4) is 28.7 Å². The maximum Gasteiger partial charge on any atom is 0.300 e. The third kappa shape index (κ3) is 2.55. The number of pyridine rings is 1. The highest BCUT2D eigenvalue weighted by Crippen LogP contribution is 2.47. The van der Waals surface area contributed by atoms with Gasteiger partial charge in [0.15, 0.2) is 11.5 Å². The van der Waals surface area contributed by atoms with E-state index in [4.69, 9.17) is 19.4 Å². The average molecular weight is 375 g/mol. The van der Waals surface area contributed by atoms with E-state index in [0.717, 1.165) is 0 Å². The molecule has 2 heterocycles. The standard InChI is InChI=1S/C17H17N3O5S/c1-17(2)15-14(26(21,22)25-17)13(10(8-18)16(19)20-15)9-5-6-11(23-3)12(7-9)24-4/h5-7H,1-4H3,(H2,19,20). The molecule has 1 aromatic carbocycles. The molecule has 26 heavy (non-hydrogen) atoms. The Labute approximate surface area is 151 Å². The number of ether oxygens (including phenoxy) is 2. The predicted octanol–water partition coefficient (Wildman–Crippen LogP) is 2.17. The molecule has 0 spiro atoms. The van der Waals surface area contributed by atoms with Crippen molar-refractivity contribution in [1.29, 1.82) is 5.26 Å². The summed E-state index contributed by atoms with van der Waals surface area (Å²) in [6, 6.07) is 6.76. The summed E-state index contributed by atoms with van der Waals surface area (Å²) in [6.07, 6.45) is 0. The van der Waals surface area contributed by atoms with Crippen molar-refractivity contribution in [3.05, 3.63) is 29.5 Å². The molecule has 2 aromatic rings. The molecule has 3 rings (SSSR count). The molecule has 9 heteroatoms. The first-order chi connectivity index (χ1) is 12.2. The lowest BCUT2D eigenvalue weighted by Crippen LogP contribution is -2.18. The first kappa shape index (κ1) is 18.0. The van der Waals surface area contributed by atoms with E-state index >= 15 is 0 Å². The third-order valence-electron chi connectivity index (χ3n) is 4.10. The van der Waals surface area contributed by atoms with Crippen LogP contribution in [0.5, 0.6) is 11.5 Å². The highest BCUT2D eigenvalue weighted by Gasteiger charge is 2.46. The van der Waals surface area contributed by atoms with E-state index in [1.165, 1.54) is 14.2 Å². The van der Waals surface area contributed by atoms with Crippen LogP contribution in [0.2, 0.25) is 0 Å². The van der Waals surface area contributed by atoms with Crippen molar-refractivity contribution in [2.24, 2.45) is 0 Å². The molecule has 136 valence electrons. The van der Waals surface area contributed by atoms with Gasteiger partial charge in [0.25, 0.3) is 10.1 Å². The van der Waals surface area contributed by atoms with Gasteiger partial charge in [-0.25, -0.2) is 4.98 Å². The second kappa shape index (κ2) is 5.86. The summed E-state index contributed by atoms with van der Waals surface area (Å²) in [5, 5.41) is 9.56. The van der Waals surface area contributed by atoms with Gasteiger partial charge < -0.3 is 15.2 Å². The maximum absolute atomic E-state index is 12.7. The Morgan fingerprint density at radius 3 is 2.46 bits per heavy atom. The fourth-order valence-corrected chi connectivity index (χ4v) is 4.68. The molecule has 1 aliphatic rings. The molecule has 2 N–H and O–H groups in total. The van der Waals surface area contributed by atoms with Gasteiger partial charge in [0.2, 0.25) is 0 Å². The van der Waals surface area contributed by atoms with Crippen LogP contribution in [0, 0.1) is 11.3 Å². The number of nitrogens with zero attached hydrogens (tertiary/aromatic N) is 2. The molecule has 0 unspecified atom stereocenters. The van der Waals surface area contributed by atoms with E-state index in [9.17, 15) is 13.7 Å². The molecule has 1 aliphatic heterocycles. The minimum Gasteiger partial charge on any atom is -0.493 e. The normalized spacial score (nSPS) is 16.6. The lowest BCUT2D eigenvalue weighted by Gasteiger charge is -2.16. The maximum atomic E-state index is 12.7. The summed E-state index contributed by atoms with van der Waals surface area (Å²) in [6.45, 7) is 3.15. The first-order valence-corrected chi connectivity index (χ1v) is 8.99. The number of hydrogen-bond donors (Lipinski definition) is 1. The minimum atomic E-state index is -4.12. The van der Waals surface area contributed by atoms with Crippen molar-refractivity contribution in [3.63, 3.8) is 0 Å². The fourth-order valence-electron chi connectivity index (χ4n) is 2.97. The number of aromatic nitrogens is 1. The van der Waals surface area contributed by atoms with Crippen molar-refractivity contribution in [2.45, 2.75) is 24.3 Å². The second-order valence-electron chi connectivity index (χ2n) is 6.15. The largest absolute Gasteiger partial charge is 0.493 e. The number of rotatable bonds is 3. The Morgan fingerprint density at radius 1 is 1.23 bits per heavy atom. The molecular formula is C17H17N3O5S. The number of hydrogen-bond acceptors (Lipinski definition) is 8. The number of nitrogens with two attached hydrogens (primary N) is 1. The Morgan fingerprint density at radius 2 is 1.88 bits per heavy atom. The second-order valence-corrected chi connectivity index (χ2v) is 7.64. The Hall–Kier alpha value is -2.83. The summed E-state index contributed by atoms with van der Waals surface area (Å²) < 4.78 is 41.0. The highest BCUT2D eigenvalue weighted by molar-refractivity contribution is 7.87. The summed E-state index contributed by atoms with van der Waals surface area (Å²) in [5.41, 5.74) is 5.44. The van der Waals surface area contributed by atoms with Gasteiger partial charge >= 0.3 is 0 Å². The zero-order chi connectivity index (χ0) is 19.3. The van der Waals surface area contributed by atoms with Gasteiger partial charge in [-0.05, 0) is 31.5 Å². The van der Waals surface area contributed by atoms with Gasteiger partial charge in [-0.15, -0.1) is 0 Å². The van der Waals surface area contributed by atoms with Crippen LogP contribution in [0.1, 0.15) is 25.1 Å². The van der Waals surface area contributed by atoms with Crippen molar-refractivity contribution >= 4 is 15.9 Å². The van der Waals surface area contributed by atoms with E-state index in [0.29, 0.717) is 17.1 Å². The molecule has 0 amide bonds. The van der Waals surface area contributed by atoms with Crippen LogP contribution in [0.3, 0.4) is 0 Å². The molecular weight excluding hydrogens is 358 g/mol. The molecule has 0 radical (unpaired) electrons. The SMILES string of the molecule is COc1ccc(-c2c(C#N)c(N)nc3c2S(=O)(=O)OC3(C)C)cc1OC. The predicted molar refractivity (Wildman–Crippen MR) is 93.2 cm³/mol. The topological polar surface area (TPSA) is 125 Å². The van der Waals surface area contributed by atoms with Gasteiger partial charge in [-0.3, -0.25) is 4.18 Å². The molecule has 0 saturated carbocycles. The van der Waals surface area contributed by atoms with E-state index < -0.39 is 15.7 Å². The smallest absolute Gasteiger partial charge is 0.300 e. The van der Waals surface area contributed by atoms with Gasteiger partial charge in [-0.1, -0.05) is 6.07 Å². The summed E-state index contributed by atoms with van der Waals surface area (Å²) >= 11 is 0. The van der Waals surface area contributed by atoms with Crippen LogP contribution < -0.4 is 15.2 Å². The molecule has 0 aliphatic carbocycles. The summed E-state index contributed by atoms with van der Waals surface area (Å²) in [5.74, 6) is 0.784. The molecule has 0 atom stereocenters. The molecule has 1 aromatic heterocycles. The lowest BCUT2D eigenvalue weighted by molar-refractivity contribution is 0.128. The van der Waals surface area contributed by atoms with Gasteiger partial charge in [-0.2, -0.15) is 13.7 Å². The lowest BCUT2D eigenvalue weighted by atomic mass is 9.95. The average Bonchev–Trinajstić information content (AvgIpc) is 2.77. The quantitative estimate of drug-likeness (QED) is 0.809. The molecule has 0 saturated heterocycles. The Kier molecular flexibility index (Phi) is 4.05. The molecule has 8 nitrogen and oxygen atoms in total. The first-order valence-electron chi connectivity index (χ1n) is 7.58. The van der Waals surface area contributed by atoms with Gasteiger partial charge in [0.05, 0.1) is 19.9 Å². The van der Waals surface area contributed by atoms with Crippen molar-refractivity contribution in [2.75, 3.05) is 20.0 Å². The number of anilines is 1. The van der Waals surface area contributed by atoms with Gasteiger partial charge in [0.1, 0.15) is 27.9 Å². The van der Waals surface area contributed by atoms with Crippen LogP contribution in [-0.4, -0.2) is 27.6 Å². The van der Waals surface area contributed by atoms with E-state index in [-0.39, 0.29) is 27.5 Å². The van der Waals surface area contributed by atoms with Gasteiger partial charge in [0, 0.05) is 5.56 Å². The van der Waals surface area contributed by atoms with E-state index in [1.54, 1.807) is 32.0 Å². The van der Waals surface area contributed by atoms with Crippen molar-refractivity contribution < 1.29 is 22.1 Å². The number of methoxy groups -OCH3 is 2. The van der Waals surface area contributed by atoms with Crippen molar-refractivity contribution in [1.82, 2.24) is 4.98 Å². The van der Waals surface area contributed by atoms with Crippen LogP contribution in [0.4, 0.5) is 5.82 Å². The monoisotopic (exact) mass is 375 g/mol. The zero-order valence-corrected chi connectivity index (χ0v) is 15.5. The number of nitriles is 1. The van der Waals surface area contributed by atoms with Crippen LogP contribution >= 0.6 is 0 Å². The summed E-state index contributed by atoms with van der Waals surface area (Å²) in [7, 11) is -1.17. The van der Waals surface area contributed by atoms with E-state index in [1.807, 2.05) is 6.07 Å². The third-order valence-corrected chi connectivity index (χ3v) is 5.64. The Bertz CT molecular complexity index is 1060. The highest BCUT2D eigenvalue weighted by atomic mass is 32.2.